The first-order valence-electron chi connectivity index (χ1n) is 9.18. The van der Waals surface area contributed by atoms with Gasteiger partial charge in [-0.25, -0.2) is 16.8 Å². The van der Waals surface area contributed by atoms with Crippen LogP contribution in [-0.4, -0.2) is 65.5 Å². The number of nitrogens with one attached hydrogen (secondary N) is 1. The van der Waals surface area contributed by atoms with E-state index in [-0.39, 0.29) is 22.5 Å². The van der Waals surface area contributed by atoms with Gasteiger partial charge < -0.3 is 14.8 Å². The normalized spacial score (nSPS) is 22.2. The summed E-state index contributed by atoms with van der Waals surface area (Å²) in [7, 11) is -7.18. The van der Waals surface area contributed by atoms with Crippen molar-refractivity contribution in [1.82, 2.24) is 5.32 Å². The Hall–Kier alpha value is -1.16. The Morgan fingerprint density at radius 3 is 2.44 bits per heavy atom. The minimum absolute atomic E-state index is 0.0160. The Morgan fingerprint density at radius 1 is 1.19 bits per heavy atom. The summed E-state index contributed by atoms with van der Waals surface area (Å²) < 4.78 is 61.0. The van der Waals surface area contributed by atoms with Crippen LogP contribution in [0.1, 0.15) is 27.2 Å². The maximum Gasteiger partial charge on any atom is 0.183 e. The molecule has 0 aromatic heterocycles. The molecule has 9 heteroatoms. The monoisotopic (exact) mass is 419 g/mol. The molecule has 0 saturated carbocycles. The molecule has 0 bridgehead atoms. The van der Waals surface area contributed by atoms with E-state index in [0.717, 1.165) is 0 Å². The summed E-state index contributed by atoms with van der Waals surface area (Å²) in [6.45, 7) is 7.35. The van der Waals surface area contributed by atoms with Crippen LogP contribution in [0.4, 0.5) is 0 Å². The lowest BCUT2D eigenvalue weighted by Gasteiger charge is -2.20. The summed E-state index contributed by atoms with van der Waals surface area (Å²) in [5.74, 6) is 0.0524. The molecule has 0 unspecified atom stereocenters. The molecule has 27 heavy (non-hydrogen) atoms. The van der Waals surface area contributed by atoms with Gasteiger partial charge >= 0.3 is 0 Å². The molecule has 1 fully saturated rings. The van der Waals surface area contributed by atoms with Gasteiger partial charge in [0.15, 0.2) is 19.7 Å². The summed E-state index contributed by atoms with van der Waals surface area (Å²) in [5, 5.41) is 2.10. The van der Waals surface area contributed by atoms with Gasteiger partial charge in [0.2, 0.25) is 0 Å². The van der Waals surface area contributed by atoms with Gasteiger partial charge in [-0.15, -0.1) is 0 Å². The fourth-order valence-corrected chi connectivity index (χ4v) is 7.79. The first-order valence-corrected chi connectivity index (χ1v) is 12.5. The van der Waals surface area contributed by atoms with Gasteiger partial charge in [-0.1, -0.05) is 0 Å². The van der Waals surface area contributed by atoms with Gasteiger partial charge in [-0.2, -0.15) is 0 Å². The third-order valence-electron chi connectivity index (χ3n) is 4.30. The lowest BCUT2D eigenvalue weighted by Crippen LogP contribution is -2.43. The Kier molecular flexibility index (Phi) is 7.67. The second-order valence-electron chi connectivity index (χ2n) is 6.91. The van der Waals surface area contributed by atoms with Crippen LogP contribution in [0, 0.1) is 0 Å². The van der Waals surface area contributed by atoms with Gasteiger partial charge in [0.1, 0.15) is 5.75 Å². The fourth-order valence-electron chi connectivity index (χ4n) is 3.07. The van der Waals surface area contributed by atoms with Gasteiger partial charge in [0, 0.05) is 19.3 Å². The molecule has 1 aliphatic heterocycles. The van der Waals surface area contributed by atoms with Gasteiger partial charge in [0.25, 0.3) is 0 Å². The van der Waals surface area contributed by atoms with Crippen molar-refractivity contribution >= 4 is 19.7 Å². The number of sulfone groups is 2. The minimum Gasteiger partial charge on any atom is -0.491 e. The topological polar surface area (TPSA) is 98.8 Å². The molecule has 1 aromatic carbocycles. The highest BCUT2D eigenvalue weighted by molar-refractivity contribution is 7.96. The lowest BCUT2D eigenvalue weighted by molar-refractivity contribution is 0.144. The molecule has 7 nitrogen and oxygen atoms in total. The largest absolute Gasteiger partial charge is 0.491 e. The molecule has 1 heterocycles. The van der Waals surface area contributed by atoms with Crippen molar-refractivity contribution in [3.05, 3.63) is 24.3 Å². The summed E-state index contributed by atoms with van der Waals surface area (Å²) in [5.41, 5.74) is 0. The van der Waals surface area contributed by atoms with E-state index in [0.29, 0.717) is 31.9 Å². The van der Waals surface area contributed by atoms with Crippen LogP contribution in [0.5, 0.6) is 5.75 Å². The molecule has 0 amide bonds. The SMILES string of the molecule is CCOCCCN[C@H]1CS(=O)(=O)C[C@@H]1S(=O)(=O)c1ccc(OC(C)C)cc1. The van der Waals surface area contributed by atoms with E-state index in [1.54, 1.807) is 12.1 Å². The van der Waals surface area contributed by atoms with Crippen LogP contribution in [-0.2, 0) is 24.4 Å². The Bertz CT molecular complexity index is 803. The van der Waals surface area contributed by atoms with Crippen LogP contribution in [0.2, 0.25) is 0 Å². The van der Waals surface area contributed by atoms with Gasteiger partial charge in [-0.3, -0.25) is 0 Å². The van der Waals surface area contributed by atoms with E-state index >= 15 is 0 Å². The molecule has 1 aliphatic rings. The lowest BCUT2D eigenvalue weighted by atomic mass is 10.2. The van der Waals surface area contributed by atoms with E-state index < -0.39 is 31.0 Å². The Morgan fingerprint density at radius 2 is 1.85 bits per heavy atom. The van der Waals surface area contributed by atoms with Crippen molar-refractivity contribution in [2.45, 2.75) is 49.5 Å². The third-order valence-corrected chi connectivity index (χ3v) is 8.47. The quantitative estimate of drug-likeness (QED) is 0.573. The van der Waals surface area contributed by atoms with Crippen LogP contribution < -0.4 is 10.1 Å². The molecule has 2 atom stereocenters. The van der Waals surface area contributed by atoms with E-state index in [1.807, 2.05) is 20.8 Å². The summed E-state index contributed by atoms with van der Waals surface area (Å²) in [6, 6.07) is 5.53. The number of rotatable bonds is 10. The van der Waals surface area contributed by atoms with E-state index in [9.17, 15) is 16.8 Å². The fraction of sp³-hybridized carbons (Fsp3) is 0.667. The molecule has 1 saturated heterocycles. The maximum atomic E-state index is 13.0. The number of hydrogen-bond acceptors (Lipinski definition) is 7. The summed E-state index contributed by atoms with van der Waals surface area (Å²) in [6.07, 6.45) is 0.677. The van der Waals surface area contributed by atoms with Crippen molar-refractivity contribution in [2.24, 2.45) is 0 Å². The van der Waals surface area contributed by atoms with Crippen molar-refractivity contribution in [2.75, 3.05) is 31.3 Å². The van der Waals surface area contributed by atoms with Crippen LogP contribution in [0.3, 0.4) is 0 Å². The zero-order chi connectivity index (χ0) is 20.1. The standard InChI is InChI=1S/C18H29NO6S2/c1-4-24-11-5-10-19-17-12-26(20,21)13-18(17)27(22,23)16-8-6-15(7-9-16)25-14(2)3/h6-9,14,17-19H,4-5,10-13H2,1-3H3/t17-,18-/m0/s1. The molecule has 0 radical (unpaired) electrons. The first kappa shape index (κ1) is 22.1. The van der Waals surface area contributed by atoms with Gasteiger partial charge in [-0.05, 0) is 58.0 Å². The van der Waals surface area contributed by atoms with Crippen molar-refractivity contribution in [1.29, 1.82) is 0 Å². The number of hydrogen-bond donors (Lipinski definition) is 1. The van der Waals surface area contributed by atoms with Crippen molar-refractivity contribution in [3.63, 3.8) is 0 Å². The number of ether oxygens (including phenoxy) is 2. The highest BCUT2D eigenvalue weighted by atomic mass is 32.2. The zero-order valence-electron chi connectivity index (χ0n) is 16.1. The maximum absolute atomic E-state index is 13.0. The molecular weight excluding hydrogens is 390 g/mol. The smallest absolute Gasteiger partial charge is 0.183 e. The summed E-state index contributed by atoms with van der Waals surface area (Å²) >= 11 is 0. The van der Waals surface area contributed by atoms with E-state index in [1.165, 1.54) is 12.1 Å². The second-order valence-corrected chi connectivity index (χ2v) is 11.2. The predicted octanol–water partition coefficient (Wildman–Crippen LogP) is 1.43. The molecular formula is C18H29NO6S2. The van der Waals surface area contributed by atoms with E-state index in [4.69, 9.17) is 9.47 Å². The second kappa shape index (κ2) is 9.36. The molecule has 0 spiro atoms. The minimum atomic E-state index is -3.78. The first-order chi connectivity index (χ1) is 12.7. The summed E-state index contributed by atoms with van der Waals surface area (Å²) in [4.78, 5) is 0.113. The third kappa shape index (κ3) is 6.17. The zero-order valence-corrected chi connectivity index (χ0v) is 17.7. The molecule has 154 valence electrons. The average molecular weight is 420 g/mol. The highest BCUT2D eigenvalue weighted by Gasteiger charge is 2.45. The van der Waals surface area contributed by atoms with Gasteiger partial charge in [0.05, 0.1) is 27.8 Å². The van der Waals surface area contributed by atoms with Crippen molar-refractivity contribution < 1.29 is 26.3 Å². The van der Waals surface area contributed by atoms with Crippen molar-refractivity contribution in [3.8, 4) is 5.75 Å². The van der Waals surface area contributed by atoms with Crippen LogP contribution in [0.15, 0.2) is 29.2 Å². The van der Waals surface area contributed by atoms with Crippen LogP contribution >= 0.6 is 0 Å². The molecule has 0 aliphatic carbocycles. The molecule has 1 aromatic rings. The highest BCUT2D eigenvalue weighted by Crippen LogP contribution is 2.27. The predicted molar refractivity (Wildman–Crippen MR) is 105 cm³/mol. The Balaban J connectivity index is 2.13. The van der Waals surface area contributed by atoms with Crippen LogP contribution in [0.25, 0.3) is 0 Å². The molecule has 2 rings (SSSR count). The molecule has 1 N–H and O–H groups in total. The number of benzene rings is 1. The average Bonchev–Trinajstić information content (AvgIpc) is 2.90. The Labute approximate surface area is 162 Å². The van der Waals surface area contributed by atoms with E-state index in [2.05, 4.69) is 5.32 Å².